The van der Waals surface area contributed by atoms with Crippen LogP contribution in [0.3, 0.4) is 0 Å². The van der Waals surface area contributed by atoms with Gasteiger partial charge in [-0.1, -0.05) is 32.1 Å². The minimum Gasteiger partial charge on any atom is -0.369 e. The quantitative estimate of drug-likeness (QED) is 0.293. The van der Waals surface area contributed by atoms with Crippen molar-refractivity contribution in [1.82, 2.24) is 0 Å². The van der Waals surface area contributed by atoms with Gasteiger partial charge in [0.1, 0.15) is 6.11 Å². The first-order valence-electron chi connectivity index (χ1n) is 4.17. The van der Waals surface area contributed by atoms with E-state index in [1.807, 2.05) is 0 Å². The minimum absolute atomic E-state index is 0.377. The zero-order chi connectivity index (χ0) is 10.5. The number of esters is 1. The molecular formula is C10H16O2Si. The van der Waals surface area contributed by atoms with Crippen LogP contribution in [0.5, 0.6) is 0 Å². The van der Waals surface area contributed by atoms with Gasteiger partial charge in [-0.3, -0.25) is 0 Å². The maximum absolute atomic E-state index is 10.9. The lowest BCUT2D eigenvalue weighted by Gasteiger charge is -2.08. The van der Waals surface area contributed by atoms with Gasteiger partial charge >= 0.3 is 5.97 Å². The number of hydrogen-bond donors (Lipinski definition) is 0. The van der Waals surface area contributed by atoms with Crippen LogP contribution >= 0.6 is 0 Å². The third-order valence-corrected chi connectivity index (χ3v) is 2.42. The Bertz CT molecular complexity index is 263. The molecule has 0 aromatic carbocycles. The zero-order valence-corrected chi connectivity index (χ0v) is 9.73. The highest BCUT2D eigenvalue weighted by molar-refractivity contribution is 6.76. The highest BCUT2D eigenvalue weighted by atomic mass is 28.3. The fourth-order valence-corrected chi connectivity index (χ4v) is 1.07. The summed E-state index contributed by atoms with van der Waals surface area (Å²) in [6.45, 7) is 11.7. The molecule has 0 unspecified atom stereocenters. The molecule has 0 aliphatic heterocycles. The second kappa shape index (κ2) is 4.88. The van der Waals surface area contributed by atoms with Gasteiger partial charge in [-0.05, 0) is 6.92 Å². The standard InChI is InChI=1S/C10H16O2Si/c1-9(2)10(11)12-7-6-8-13(3,4)5/h1,8H2,2-5H3. The average molecular weight is 196 g/mol. The fraction of sp³-hybridized carbons (Fsp3) is 0.500. The van der Waals surface area contributed by atoms with Crippen LogP contribution in [0.1, 0.15) is 6.92 Å². The summed E-state index contributed by atoms with van der Waals surface area (Å²) < 4.78 is 4.62. The molecule has 0 radical (unpaired) electrons. The Balaban J connectivity index is 3.89. The van der Waals surface area contributed by atoms with E-state index in [1.54, 1.807) is 6.92 Å². The molecule has 0 aromatic rings. The summed E-state index contributed by atoms with van der Waals surface area (Å²) in [6.07, 6.45) is 2.40. The molecule has 0 aromatic heterocycles. The average Bonchev–Trinajstić information content (AvgIpc) is 1.95. The van der Waals surface area contributed by atoms with E-state index < -0.39 is 14.0 Å². The van der Waals surface area contributed by atoms with E-state index in [4.69, 9.17) is 0 Å². The Hall–Kier alpha value is -1.01. The van der Waals surface area contributed by atoms with E-state index in [1.165, 1.54) is 0 Å². The van der Waals surface area contributed by atoms with E-state index >= 15 is 0 Å². The number of hydrogen-bond acceptors (Lipinski definition) is 2. The molecule has 0 atom stereocenters. The molecular weight excluding hydrogens is 180 g/mol. The third-order valence-electron chi connectivity index (χ3n) is 1.18. The van der Waals surface area contributed by atoms with Crippen LogP contribution in [0.25, 0.3) is 0 Å². The lowest BCUT2D eigenvalue weighted by Crippen LogP contribution is -2.17. The Morgan fingerprint density at radius 1 is 1.46 bits per heavy atom. The van der Waals surface area contributed by atoms with Crippen molar-refractivity contribution in [2.45, 2.75) is 32.6 Å². The summed E-state index contributed by atoms with van der Waals surface area (Å²) in [4.78, 5) is 10.9. The molecule has 0 saturated heterocycles. The molecule has 0 N–H and O–H groups in total. The van der Waals surface area contributed by atoms with E-state index in [9.17, 15) is 4.79 Å². The largest absolute Gasteiger partial charge is 0.369 e. The third kappa shape index (κ3) is 7.35. The Kier molecular flexibility index (Phi) is 4.50. The normalized spacial score (nSPS) is 9.85. The monoisotopic (exact) mass is 196 g/mol. The predicted octanol–water partition coefficient (Wildman–Crippen LogP) is 2.40. The molecule has 0 rings (SSSR count). The first-order valence-corrected chi connectivity index (χ1v) is 7.88. The van der Waals surface area contributed by atoms with Crippen molar-refractivity contribution in [3.8, 4) is 12.0 Å². The molecule has 13 heavy (non-hydrogen) atoms. The molecule has 0 bridgehead atoms. The van der Waals surface area contributed by atoms with Crippen LogP contribution in [0.2, 0.25) is 25.7 Å². The van der Waals surface area contributed by atoms with Crippen molar-refractivity contribution in [2.24, 2.45) is 0 Å². The van der Waals surface area contributed by atoms with Crippen LogP contribution in [0, 0.1) is 12.0 Å². The van der Waals surface area contributed by atoms with Crippen LogP contribution in [0.4, 0.5) is 0 Å². The summed E-state index contributed by atoms with van der Waals surface area (Å²) in [5.74, 6) is 2.40. The van der Waals surface area contributed by atoms with Crippen molar-refractivity contribution >= 4 is 14.0 Å². The first-order chi connectivity index (χ1) is 5.83. The van der Waals surface area contributed by atoms with Crippen LogP contribution < -0.4 is 0 Å². The molecule has 2 nitrogen and oxygen atoms in total. The van der Waals surface area contributed by atoms with Crippen molar-refractivity contribution in [3.63, 3.8) is 0 Å². The van der Waals surface area contributed by atoms with Crippen molar-refractivity contribution in [3.05, 3.63) is 12.2 Å². The van der Waals surface area contributed by atoms with Crippen molar-refractivity contribution in [1.29, 1.82) is 0 Å². The molecule has 0 aliphatic carbocycles. The predicted molar refractivity (Wildman–Crippen MR) is 56.8 cm³/mol. The molecule has 72 valence electrons. The van der Waals surface area contributed by atoms with E-state index in [0.29, 0.717) is 5.57 Å². The Labute approximate surface area is 81.0 Å². The molecule has 0 aliphatic rings. The maximum atomic E-state index is 10.9. The number of carbonyl (C=O) groups excluding carboxylic acids is 1. The van der Waals surface area contributed by atoms with Gasteiger partial charge < -0.3 is 4.74 Å². The summed E-state index contributed by atoms with van der Waals surface area (Å²) in [5, 5.41) is 0. The SMILES string of the molecule is C=C(C)C(=O)OC#CC[Si](C)(C)C. The van der Waals surface area contributed by atoms with Crippen LogP contribution in [-0.2, 0) is 9.53 Å². The highest BCUT2D eigenvalue weighted by Gasteiger charge is 2.10. The molecule has 0 heterocycles. The first kappa shape index (κ1) is 12.0. The number of carbonyl (C=O) groups is 1. The van der Waals surface area contributed by atoms with Gasteiger partial charge in [-0.15, -0.1) is 0 Å². The van der Waals surface area contributed by atoms with E-state index in [-0.39, 0.29) is 0 Å². The second-order valence-corrected chi connectivity index (χ2v) is 9.66. The molecule has 0 saturated carbocycles. The van der Waals surface area contributed by atoms with Crippen molar-refractivity contribution in [2.75, 3.05) is 0 Å². The van der Waals surface area contributed by atoms with Crippen LogP contribution in [0.15, 0.2) is 12.2 Å². The lowest BCUT2D eigenvalue weighted by atomic mass is 10.4. The fourth-order valence-electron chi connectivity index (χ4n) is 0.471. The maximum Gasteiger partial charge on any atom is 0.347 e. The van der Waals surface area contributed by atoms with Crippen molar-refractivity contribution < 1.29 is 9.53 Å². The number of rotatable bonds is 2. The summed E-state index contributed by atoms with van der Waals surface area (Å²) in [7, 11) is -1.14. The minimum atomic E-state index is -1.14. The molecule has 3 heteroatoms. The lowest BCUT2D eigenvalue weighted by molar-refractivity contribution is -0.132. The summed E-state index contributed by atoms with van der Waals surface area (Å²) in [5.41, 5.74) is 0.377. The highest BCUT2D eigenvalue weighted by Crippen LogP contribution is 2.05. The number of ether oxygens (including phenoxy) is 1. The van der Waals surface area contributed by atoms with Gasteiger partial charge in [0.05, 0.1) is 8.07 Å². The molecule has 0 fully saturated rings. The van der Waals surface area contributed by atoms with Crippen LogP contribution in [-0.4, -0.2) is 14.0 Å². The smallest absolute Gasteiger partial charge is 0.347 e. The Morgan fingerprint density at radius 3 is 2.38 bits per heavy atom. The Morgan fingerprint density at radius 2 is 2.00 bits per heavy atom. The van der Waals surface area contributed by atoms with E-state index in [2.05, 4.69) is 43.0 Å². The van der Waals surface area contributed by atoms with Gasteiger partial charge in [-0.25, -0.2) is 4.79 Å². The second-order valence-electron chi connectivity index (χ2n) is 4.19. The van der Waals surface area contributed by atoms with E-state index in [0.717, 1.165) is 6.04 Å². The van der Waals surface area contributed by atoms with Gasteiger partial charge in [-0.2, -0.15) is 0 Å². The zero-order valence-electron chi connectivity index (χ0n) is 8.73. The molecule has 0 spiro atoms. The summed E-state index contributed by atoms with van der Waals surface area (Å²) >= 11 is 0. The summed E-state index contributed by atoms with van der Waals surface area (Å²) in [6, 6.07) is 0.844. The van der Waals surface area contributed by atoms with Gasteiger partial charge in [0.2, 0.25) is 0 Å². The van der Waals surface area contributed by atoms with Gasteiger partial charge in [0, 0.05) is 11.6 Å². The van der Waals surface area contributed by atoms with Gasteiger partial charge in [0.15, 0.2) is 0 Å². The molecule has 0 amide bonds. The van der Waals surface area contributed by atoms with Gasteiger partial charge in [0.25, 0.3) is 0 Å². The topological polar surface area (TPSA) is 26.3 Å².